The van der Waals surface area contributed by atoms with Gasteiger partial charge in [0.15, 0.2) is 0 Å². The molecule has 8 rings (SSSR count). The number of allylic oxidation sites excluding steroid dienone is 3. The molecule has 0 saturated heterocycles. The van der Waals surface area contributed by atoms with Gasteiger partial charge in [-0.15, -0.1) is 0 Å². The van der Waals surface area contributed by atoms with Gasteiger partial charge in [-0.2, -0.15) is 0 Å². The molecule has 0 fully saturated rings. The summed E-state index contributed by atoms with van der Waals surface area (Å²) in [5.41, 5.74) is 13.3. The summed E-state index contributed by atoms with van der Waals surface area (Å²) in [7, 11) is 0. The molecule has 0 saturated carbocycles. The number of nitrogens with zero attached hydrogens (tertiary/aromatic N) is 1. The lowest BCUT2D eigenvalue weighted by atomic mass is 9.84. The molecule has 43 heavy (non-hydrogen) atoms. The van der Waals surface area contributed by atoms with E-state index in [4.69, 9.17) is 4.98 Å². The van der Waals surface area contributed by atoms with Crippen molar-refractivity contribution in [3.63, 3.8) is 0 Å². The van der Waals surface area contributed by atoms with E-state index in [1.807, 2.05) is 0 Å². The minimum absolute atomic E-state index is 0.829. The zero-order valence-electron chi connectivity index (χ0n) is 24.3. The Bertz CT molecular complexity index is 2090. The molecule has 0 amide bonds. The van der Waals surface area contributed by atoms with Gasteiger partial charge < -0.3 is 5.32 Å². The van der Waals surface area contributed by atoms with Crippen LogP contribution < -0.4 is 5.32 Å². The lowest BCUT2D eigenvalue weighted by Gasteiger charge is -2.20. The summed E-state index contributed by atoms with van der Waals surface area (Å²) in [6.45, 7) is 3.03. The van der Waals surface area contributed by atoms with E-state index >= 15 is 0 Å². The van der Waals surface area contributed by atoms with E-state index in [1.54, 1.807) is 0 Å². The molecule has 2 aliphatic rings. The summed E-state index contributed by atoms with van der Waals surface area (Å²) < 4.78 is 0. The van der Waals surface area contributed by atoms with E-state index in [1.165, 1.54) is 60.5 Å². The molecule has 5 aromatic carbocycles. The van der Waals surface area contributed by atoms with E-state index in [0.29, 0.717) is 0 Å². The van der Waals surface area contributed by atoms with Crippen LogP contribution in [-0.4, -0.2) is 11.5 Å². The normalized spacial score (nSPS) is 14.0. The fourth-order valence-electron chi connectivity index (χ4n) is 6.82. The second-order valence-electron chi connectivity index (χ2n) is 11.5. The van der Waals surface area contributed by atoms with Crippen molar-refractivity contribution >= 4 is 33.3 Å². The molecule has 0 bridgehead atoms. The van der Waals surface area contributed by atoms with Gasteiger partial charge in [0.25, 0.3) is 0 Å². The van der Waals surface area contributed by atoms with Crippen LogP contribution in [0.1, 0.15) is 28.8 Å². The minimum atomic E-state index is 0.829. The van der Waals surface area contributed by atoms with Gasteiger partial charge in [-0.3, -0.25) is 0 Å². The average molecular weight is 553 g/mol. The van der Waals surface area contributed by atoms with Crippen LogP contribution in [0, 0.1) is 6.92 Å². The first kappa shape index (κ1) is 25.5. The highest BCUT2D eigenvalue weighted by Crippen LogP contribution is 2.44. The molecule has 6 aromatic rings. The summed E-state index contributed by atoms with van der Waals surface area (Å²) in [5, 5.41) is 8.58. The molecular weight excluding hydrogens is 520 g/mol. The van der Waals surface area contributed by atoms with Crippen LogP contribution in [0.4, 0.5) is 0 Å². The maximum atomic E-state index is 5.04. The largest absolute Gasteiger partial charge is 0.380 e. The summed E-state index contributed by atoms with van der Waals surface area (Å²) in [4.78, 5) is 5.04. The van der Waals surface area contributed by atoms with Gasteiger partial charge in [-0.1, -0.05) is 115 Å². The van der Waals surface area contributed by atoms with Gasteiger partial charge in [0.2, 0.25) is 0 Å². The van der Waals surface area contributed by atoms with Crippen LogP contribution in [0.15, 0.2) is 127 Å². The first-order valence-corrected chi connectivity index (χ1v) is 15.2. The van der Waals surface area contributed by atoms with Crippen molar-refractivity contribution < 1.29 is 0 Å². The molecule has 0 spiro atoms. The van der Waals surface area contributed by atoms with E-state index in [0.717, 1.165) is 42.0 Å². The Morgan fingerprint density at radius 1 is 0.651 bits per heavy atom. The topological polar surface area (TPSA) is 24.9 Å². The number of aryl methyl sites for hydroxylation is 2. The highest BCUT2D eigenvalue weighted by Gasteiger charge is 2.18. The maximum Gasteiger partial charge on any atom is 0.0868 e. The molecule has 0 unspecified atom stereocenters. The molecule has 1 aromatic heterocycles. The Labute approximate surface area is 252 Å². The Morgan fingerprint density at radius 2 is 1.33 bits per heavy atom. The number of rotatable bonds is 4. The van der Waals surface area contributed by atoms with E-state index in [2.05, 4.69) is 146 Å². The second-order valence-corrected chi connectivity index (χ2v) is 11.5. The van der Waals surface area contributed by atoms with Gasteiger partial charge in [0, 0.05) is 12.1 Å². The Hall–Kier alpha value is -5.21. The van der Waals surface area contributed by atoms with Crippen LogP contribution in [0.2, 0.25) is 0 Å². The number of nitrogens with one attached hydrogen (secondary N) is 1. The van der Waals surface area contributed by atoms with E-state index in [9.17, 15) is 0 Å². The third kappa shape index (κ3) is 4.47. The smallest absolute Gasteiger partial charge is 0.0868 e. The van der Waals surface area contributed by atoms with Crippen LogP contribution in [-0.2, 0) is 6.42 Å². The Morgan fingerprint density at radius 3 is 2.00 bits per heavy atom. The number of aromatic nitrogens is 1. The van der Waals surface area contributed by atoms with E-state index in [-0.39, 0.29) is 0 Å². The SMILES string of the molecule is Cc1cc(-c2c3ccccc3c(-c3ccc4c(c3)CCC=C4)c3ccccc23)ccc1-c1cccc(C2=CC=CCN2)n1. The second kappa shape index (κ2) is 10.6. The molecular formula is C41H32N2. The first-order chi connectivity index (χ1) is 21.2. The van der Waals surface area contributed by atoms with Crippen molar-refractivity contribution in [3.05, 3.63) is 150 Å². The lowest BCUT2D eigenvalue weighted by molar-refractivity contribution is 0.982. The molecule has 0 atom stereocenters. The molecule has 2 heterocycles. The standard InChI is InChI=1S/C41H32N2/c1-27-25-30(22-23-32(27)37-18-10-19-39(43-37)38-17-8-9-24-42-38)40-33-13-4-6-15-35(33)41(36-16-7-5-14-34(36)40)31-21-20-28-11-2-3-12-29(28)26-31/h2,4-11,13-23,25-26,42H,3,12,24H2,1H3. The van der Waals surface area contributed by atoms with Gasteiger partial charge >= 0.3 is 0 Å². The Balaban J connectivity index is 1.30. The number of dihydropyridines is 1. The number of fused-ring (bicyclic) bond motifs is 3. The van der Waals surface area contributed by atoms with Crippen LogP contribution in [0.3, 0.4) is 0 Å². The number of pyridine rings is 1. The van der Waals surface area contributed by atoms with Crippen molar-refractivity contribution in [1.82, 2.24) is 10.3 Å². The predicted octanol–water partition coefficient (Wildman–Crippen LogP) is 10.2. The molecule has 1 aliphatic carbocycles. The Kier molecular flexibility index (Phi) is 6.26. The maximum absolute atomic E-state index is 5.04. The van der Waals surface area contributed by atoms with Gasteiger partial charge in [-0.25, -0.2) is 4.98 Å². The minimum Gasteiger partial charge on any atom is -0.380 e. The predicted molar refractivity (Wildman–Crippen MR) is 183 cm³/mol. The van der Waals surface area contributed by atoms with Crippen LogP contribution >= 0.6 is 0 Å². The highest BCUT2D eigenvalue weighted by molar-refractivity contribution is 6.21. The van der Waals surface area contributed by atoms with Crippen molar-refractivity contribution in [2.45, 2.75) is 19.8 Å². The average Bonchev–Trinajstić information content (AvgIpc) is 3.07. The van der Waals surface area contributed by atoms with E-state index < -0.39 is 0 Å². The number of hydrogen-bond acceptors (Lipinski definition) is 2. The van der Waals surface area contributed by atoms with Crippen molar-refractivity contribution in [3.8, 4) is 33.5 Å². The molecule has 0 radical (unpaired) electrons. The van der Waals surface area contributed by atoms with Crippen molar-refractivity contribution in [1.29, 1.82) is 0 Å². The molecule has 206 valence electrons. The number of hydrogen-bond donors (Lipinski definition) is 1. The van der Waals surface area contributed by atoms with Gasteiger partial charge in [0.05, 0.1) is 17.1 Å². The molecule has 2 nitrogen and oxygen atoms in total. The third-order valence-corrected chi connectivity index (χ3v) is 8.87. The monoisotopic (exact) mass is 552 g/mol. The lowest BCUT2D eigenvalue weighted by Crippen LogP contribution is -2.15. The van der Waals surface area contributed by atoms with Crippen LogP contribution in [0.25, 0.3) is 66.8 Å². The fraction of sp³-hybridized carbons (Fsp3) is 0.0976. The summed E-state index contributed by atoms with van der Waals surface area (Å²) in [6, 6.07) is 38.0. The summed E-state index contributed by atoms with van der Waals surface area (Å²) >= 11 is 0. The number of benzene rings is 5. The van der Waals surface area contributed by atoms with Crippen molar-refractivity contribution in [2.24, 2.45) is 0 Å². The molecule has 1 N–H and O–H groups in total. The fourth-order valence-corrected chi connectivity index (χ4v) is 6.82. The molecule has 1 aliphatic heterocycles. The quantitative estimate of drug-likeness (QED) is 0.220. The van der Waals surface area contributed by atoms with Gasteiger partial charge in [0.1, 0.15) is 0 Å². The third-order valence-electron chi connectivity index (χ3n) is 8.87. The first-order valence-electron chi connectivity index (χ1n) is 15.2. The van der Waals surface area contributed by atoms with Crippen LogP contribution in [0.5, 0.6) is 0 Å². The highest BCUT2D eigenvalue weighted by atomic mass is 14.9. The zero-order chi connectivity index (χ0) is 28.8. The zero-order valence-corrected chi connectivity index (χ0v) is 24.3. The van der Waals surface area contributed by atoms with Crippen molar-refractivity contribution in [2.75, 3.05) is 6.54 Å². The van der Waals surface area contributed by atoms with Gasteiger partial charge in [-0.05, 0) is 98.5 Å². The summed E-state index contributed by atoms with van der Waals surface area (Å²) in [5.74, 6) is 0. The summed E-state index contributed by atoms with van der Waals surface area (Å²) in [6.07, 6.45) is 13.0. The molecule has 2 heteroatoms.